The molecule has 2 rings (SSSR count). The average Bonchev–Trinajstić information content (AvgIpc) is 2.32. The number of halogens is 1. The summed E-state index contributed by atoms with van der Waals surface area (Å²) < 4.78 is 0. The van der Waals surface area contributed by atoms with Gasteiger partial charge in [-0.3, -0.25) is 4.98 Å². The minimum absolute atomic E-state index is 0.0747. The second-order valence-electron chi connectivity index (χ2n) is 3.36. The fourth-order valence-electron chi connectivity index (χ4n) is 1.37. The highest BCUT2D eigenvalue weighted by molar-refractivity contribution is 6.33. The summed E-state index contributed by atoms with van der Waals surface area (Å²) in [5, 5.41) is 12.2. The molecule has 17 heavy (non-hydrogen) atoms. The Balaban J connectivity index is 2.29. The quantitative estimate of drug-likeness (QED) is 0.876. The number of pyridine rings is 1. The van der Waals surface area contributed by atoms with Crippen LogP contribution in [0.3, 0.4) is 0 Å². The molecular weight excluding hydrogens is 240 g/mol. The van der Waals surface area contributed by atoms with Gasteiger partial charge in [0.25, 0.3) is 0 Å². The van der Waals surface area contributed by atoms with Gasteiger partial charge in [-0.2, -0.15) is 0 Å². The number of benzene rings is 1. The molecule has 0 aliphatic carbocycles. The zero-order valence-corrected chi connectivity index (χ0v) is 9.48. The number of nitrogens with one attached hydrogen (secondary N) is 1. The van der Waals surface area contributed by atoms with Gasteiger partial charge in [0.15, 0.2) is 0 Å². The maximum atomic E-state index is 10.9. The first-order valence-corrected chi connectivity index (χ1v) is 5.24. The van der Waals surface area contributed by atoms with Crippen LogP contribution < -0.4 is 5.32 Å². The molecule has 1 aromatic carbocycles. The summed E-state index contributed by atoms with van der Waals surface area (Å²) in [6, 6.07) is 8.33. The summed E-state index contributed by atoms with van der Waals surface area (Å²) in [5.74, 6) is -1.05. The number of carbonyl (C=O) groups is 1. The molecule has 0 unspecified atom stereocenters. The van der Waals surface area contributed by atoms with Gasteiger partial charge in [-0.15, -0.1) is 0 Å². The van der Waals surface area contributed by atoms with E-state index < -0.39 is 5.97 Å². The van der Waals surface area contributed by atoms with Crippen LogP contribution in [0, 0.1) is 0 Å². The van der Waals surface area contributed by atoms with Gasteiger partial charge in [0, 0.05) is 23.8 Å². The van der Waals surface area contributed by atoms with E-state index in [0.717, 1.165) is 5.69 Å². The average molecular weight is 249 g/mol. The summed E-state index contributed by atoms with van der Waals surface area (Å²) in [5.41, 5.74) is 1.57. The number of carboxylic acids is 1. The van der Waals surface area contributed by atoms with Crippen LogP contribution >= 0.6 is 11.6 Å². The van der Waals surface area contributed by atoms with Gasteiger partial charge < -0.3 is 10.4 Å². The number of hydrogen-bond acceptors (Lipinski definition) is 3. The maximum Gasteiger partial charge on any atom is 0.337 e. The van der Waals surface area contributed by atoms with Crippen molar-refractivity contribution < 1.29 is 9.90 Å². The van der Waals surface area contributed by atoms with Crippen molar-refractivity contribution in [1.29, 1.82) is 0 Å². The Morgan fingerprint density at radius 3 is 2.53 bits per heavy atom. The smallest absolute Gasteiger partial charge is 0.337 e. The zero-order valence-electron chi connectivity index (χ0n) is 8.72. The Hall–Kier alpha value is -2.07. The summed E-state index contributed by atoms with van der Waals surface area (Å²) >= 11 is 5.78. The van der Waals surface area contributed by atoms with Gasteiger partial charge in [-0.1, -0.05) is 11.6 Å². The van der Waals surface area contributed by atoms with Gasteiger partial charge in [-0.25, -0.2) is 4.79 Å². The Morgan fingerprint density at radius 1 is 1.18 bits per heavy atom. The van der Waals surface area contributed by atoms with E-state index in [-0.39, 0.29) is 10.6 Å². The number of carboxylic acid groups (broad SMARTS) is 1. The molecule has 0 amide bonds. The van der Waals surface area contributed by atoms with E-state index in [1.54, 1.807) is 36.7 Å². The number of rotatable bonds is 3. The molecule has 2 aromatic rings. The minimum atomic E-state index is -1.05. The van der Waals surface area contributed by atoms with Crippen molar-refractivity contribution in [3.05, 3.63) is 53.3 Å². The van der Waals surface area contributed by atoms with Gasteiger partial charge in [0.05, 0.1) is 10.6 Å². The van der Waals surface area contributed by atoms with Crippen molar-refractivity contribution in [1.82, 2.24) is 4.98 Å². The predicted octanol–water partition coefficient (Wildman–Crippen LogP) is 3.18. The first kappa shape index (κ1) is 11.4. The van der Waals surface area contributed by atoms with Crippen LogP contribution in [-0.2, 0) is 0 Å². The molecule has 0 aliphatic heterocycles. The van der Waals surface area contributed by atoms with E-state index in [1.165, 1.54) is 6.07 Å². The van der Waals surface area contributed by atoms with Gasteiger partial charge >= 0.3 is 5.97 Å². The van der Waals surface area contributed by atoms with Crippen LogP contribution in [0.1, 0.15) is 10.4 Å². The number of hydrogen-bond donors (Lipinski definition) is 2. The molecular formula is C12H9ClN2O2. The molecule has 2 N–H and O–H groups in total. The molecule has 1 aromatic heterocycles. The van der Waals surface area contributed by atoms with Crippen LogP contribution in [0.2, 0.25) is 5.02 Å². The van der Waals surface area contributed by atoms with Crippen LogP contribution in [0.4, 0.5) is 11.4 Å². The van der Waals surface area contributed by atoms with E-state index >= 15 is 0 Å². The van der Waals surface area contributed by atoms with E-state index in [2.05, 4.69) is 10.3 Å². The summed E-state index contributed by atoms with van der Waals surface area (Å²) in [6.45, 7) is 0. The molecule has 0 bridgehead atoms. The van der Waals surface area contributed by atoms with Crippen LogP contribution in [0.25, 0.3) is 0 Å². The fraction of sp³-hybridized carbons (Fsp3) is 0. The minimum Gasteiger partial charge on any atom is -0.478 e. The lowest BCUT2D eigenvalue weighted by molar-refractivity contribution is 0.0697. The lowest BCUT2D eigenvalue weighted by Crippen LogP contribution is -1.99. The highest BCUT2D eigenvalue weighted by atomic mass is 35.5. The zero-order chi connectivity index (χ0) is 12.3. The topological polar surface area (TPSA) is 62.2 Å². The van der Waals surface area contributed by atoms with Gasteiger partial charge in [0.2, 0.25) is 0 Å². The van der Waals surface area contributed by atoms with Crippen molar-refractivity contribution in [3.63, 3.8) is 0 Å². The lowest BCUT2D eigenvalue weighted by atomic mass is 10.2. The molecule has 0 aliphatic rings. The Morgan fingerprint density at radius 2 is 1.88 bits per heavy atom. The van der Waals surface area contributed by atoms with E-state index in [0.29, 0.717) is 5.69 Å². The third-order valence-electron chi connectivity index (χ3n) is 2.17. The molecule has 86 valence electrons. The van der Waals surface area contributed by atoms with Crippen LogP contribution in [0.5, 0.6) is 0 Å². The second-order valence-corrected chi connectivity index (χ2v) is 3.77. The van der Waals surface area contributed by atoms with Crippen molar-refractivity contribution in [3.8, 4) is 0 Å². The Bertz CT molecular complexity index is 543. The van der Waals surface area contributed by atoms with Crippen molar-refractivity contribution in [2.75, 3.05) is 5.32 Å². The number of anilines is 2. The van der Waals surface area contributed by atoms with Gasteiger partial charge in [-0.05, 0) is 30.3 Å². The van der Waals surface area contributed by atoms with E-state index in [1.807, 2.05) is 0 Å². The first-order valence-electron chi connectivity index (χ1n) is 4.87. The molecule has 1 heterocycles. The second kappa shape index (κ2) is 4.84. The lowest BCUT2D eigenvalue weighted by Gasteiger charge is -2.07. The fourth-order valence-corrected chi connectivity index (χ4v) is 1.57. The highest BCUT2D eigenvalue weighted by Crippen LogP contribution is 2.23. The molecule has 5 heteroatoms. The van der Waals surface area contributed by atoms with Gasteiger partial charge in [0.1, 0.15) is 0 Å². The Kier molecular flexibility index (Phi) is 3.25. The summed E-state index contributed by atoms with van der Waals surface area (Å²) in [4.78, 5) is 14.8. The third-order valence-corrected chi connectivity index (χ3v) is 2.50. The van der Waals surface area contributed by atoms with E-state index in [4.69, 9.17) is 16.7 Å². The molecule has 0 saturated heterocycles. The molecule has 0 saturated carbocycles. The Labute approximate surface area is 103 Å². The number of aromatic carboxylic acids is 1. The SMILES string of the molecule is O=C(O)c1cc(Nc2ccncc2)ccc1Cl. The standard InChI is InChI=1S/C12H9ClN2O2/c13-11-2-1-9(7-10(11)12(16)17)15-8-3-5-14-6-4-8/h1-7H,(H,14,15)(H,16,17). The third kappa shape index (κ3) is 2.73. The maximum absolute atomic E-state index is 10.9. The highest BCUT2D eigenvalue weighted by Gasteiger charge is 2.09. The summed E-state index contributed by atoms with van der Waals surface area (Å²) in [7, 11) is 0. The number of nitrogens with zero attached hydrogens (tertiary/aromatic N) is 1. The summed E-state index contributed by atoms with van der Waals surface area (Å²) in [6.07, 6.45) is 3.30. The molecule has 4 nitrogen and oxygen atoms in total. The molecule has 0 radical (unpaired) electrons. The molecule has 0 fully saturated rings. The van der Waals surface area contributed by atoms with Crippen molar-refractivity contribution >= 4 is 28.9 Å². The number of aromatic nitrogens is 1. The van der Waals surface area contributed by atoms with E-state index in [9.17, 15) is 4.79 Å². The first-order chi connectivity index (χ1) is 8.16. The van der Waals surface area contributed by atoms with Crippen LogP contribution in [0.15, 0.2) is 42.7 Å². The van der Waals surface area contributed by atoms with Crippen molar-refractivity contribution in [2.24, 2.45) is 0 Å². The van der Waals surface area contributed by atoms with Crippen molar-refractivity contribution in [2.45, 2.75) is 0 Å². The predicted molar refractivity (Wildman–Crippen MR) is 65.9 cm³/mol. The largest absolute Gasteiger partial charge is 0.478 e. The molecule has 0 atom stereocenters. The normalized spacial score (nSPS) is 9.94. The monoisotopic (exact) mass is 248 g/mol. The van der Waals surface area contributed by atoms with Crippen LogP contribution in [-0.4, -0.2) is 16.1 Å². The molecule has 0 spiro atoms.